The van der Waals surface area contributed by atoms with Gasteiger partial charge in [-0.2, -0.15) is 4.98 Å². The fourth-order valence-corrected chi connectivity index (χ4v) is 3.17. The van der Waals surface area contributed by atoms with Gasteiger partial charge in [-0.05, 0) is 29.2 Å². The summed E-state index contributed by atoms with van der Waals surface area (Å²) in [7, 11) is 1.57. The van der Waals surface area contributed by atoms with Crippen molar-refractivity contribution in [2.75, 3.05) is 7.11 Å². The Bertz CT molecular complexity index is 932. The molecule has 2 aromatic carbocycles. The van der Waals surface area contributed by atoms with Crippen LogP contribution in [0.15, 0.2) is 48.5 Å². The highest BCUT2D eigenvalue weighted by Gasteiger charge is 2.13. The molecular weight excluding hydrogens is 354 g/mol. The van der Waals surface area contributed by atoms with Gasteiger partial charge in [0.05, 0.1) is 12.7 Å². The zero-order valence-corrected chi connectivity index (χ0v) is 16.3. The van der Waals surface area contributed by atoms with E-state index in [4.69, 9.17) is 4.74 Å². The number of hydrogen-bond acceptors (Lipinski definition) is 4. The maximum absolute atomic E-state index is 11.4. The second-order valence-electron chi connectivity index (χ2n) is 6.67. The highest BCUT2D eigenvalue weighted by Crippen LogP contribution is 2.25. The highest BCUT2D eigenvalue weighted by molar-refractivity contribution is 5.95. The second-order valence-corrected chi connectivity index (χ2v) is 6.67. The topological polar surface area (TPSA) is 77.2 Å². The SMILES string of the molecule is CCCCCn1nc(OC)nc1Cc1ccc(-c2ccccc2C(=O)O)cc1. The lowest BCUT2D eigenvalue weighted by Gasteiger charge is -2.08. The van der Waals surface area contributed by atoms with Crippen LogP contribution in [0.4, 0.5) is 0 Å². The number of aromatic carboxylic acids is 1. The summed E-state index contributed by atoms with van der Waals surface area (Å²) in [6.45, 7) is 3.00. The summed E-state index contributed by atoms with van der Waals surface area (Å²) in [5.41, 5.74) is 2.98. The summed E-state index contributed by atoms with van der Waals surface area (Å²) in [4.78, 5) is 15.9. The molecule has 6 heteroatoms. The molecule has 1 N–H and O–H groups in total. The summed E-state index contributed by atoms with van der Waals surface area (Å²) in [6.07, 6.45) is 4.00. The van der Waals surface area contributed by atoms with Crippen LogP contribution in [0.1, 0.15) is 47.9 Å². The molecule has 0 aliphatic rings. The van der Waals surface area contributed by atoms with Gasteiger partial charge in [0.1, 0.15) is 5.82 Å². The average molecular weight is 379 g/mol. The molecule has 146 valence electrons. The summed E-state index contributed by atoms with van der Waals surface area (Å²) in [5, 5.41) is 13.8. The average Bonchev–Trinajstić information content (AvgIpc) is 3.10. The van der Waals surface area contributed by atoms with Crippen molar-refractivity contribution >= 4 is 5.97 Å². The van der Waals surface area contributed by atoms with E-state index in [1.807, 2.05) is 41.1 Å². The van der Waals surface area contributed by atoms with Gasteiger partial charge in [-0.25, -0.2) is 9.48 Å². The lowest BCUT2D eigenvalue weighted by molar-refractivity contribution is 0.0697. The number of hydrogen-bond donors (Lipinski definition) is 1. The number of carboxylic acids is 1. The first kappa shape index (κ1) is 19.6. The molecule has 0 fully saturated rings. The Morgan fingerprint density at radius 1 is 1.11 bits per heavy atom. The summed E-state index contributed by atoms with van der Waals surface area (Å²) < 4.78 is 7.11. The smallest absolute Gasteiger partial charge is 0.336 e. The second kappa shape index (κ2) is 9.17. The van der Waals surface area contributed by atoms with E-state index in [-0.39, 0.29) is 0 Å². The lowest BCUT2D eigenvalue weighted by atomic mass is 9.98. The zero-order valence-electron chi connectivity index (χ0n) is 16.3. The summed E-state index contributed by atoms with van der Waals surface area (Å²) in [5.74, 6) is -0.0569. The van der Waals surface area contributed by atoms with E-state index in [2.05, 4.69) is 17.0 Å². The molecular formula is C22H25N3O3. The summed E-state index contributed by atoms with van der Waals surface area (Å²) in [6, 6.07) is 15.3. The fourth-order valence-electron chi connectivity index (χ4n) is 3.17. The van der Waals surface area contributed by atoms with Crippen LogP contribution in [-0.2, 0) is 13.0 Å². The molecule has 0 radical (unpaired) electrons. The number of rotatable bonds is 9. The minimum Gasteiger partial charge on any atom is -0.478 e. The third-order valence-corrected chi connectivity index (χ3v) is 4.67. The van der Waals surface area contributed by atoms with Gasteiger partial charge in [0, 0.05) is 13.0 Å². The zero-order chi connectivity index (χ0) is 19.9. The summed E-state index contributed by atoms with van der Waals surface area (Å²) >= 11 is 0. The van der Waals surface area contributed by atoms with Crippen molar-refractivity contribution in [1.82, 2.24) is 14.8 Å². The van der Waals surface area contributed by atoms with E-state index in [0.29, 0.717) is 23.6 Å². The van der Waals surface area contributed by atoms with Crippen LogP contribution >= 0.6 is 0 Å². The maximum Gasteiger partial charge on any atom is 0.336 e. The molecule has 1 heterocycles. The number of nitrogens with zero attached hydrogens (tertiary/aromatic N) is 3. The Morgan fingerprint density at radius 2 is 1.86 bits per heavy atom. The molecule has 0 atom stereocenters. The molecule has 0 bridgehead atoms. The van der Waals surface area contributed by atoms with Crippen molar-refractivity contribution < 1.29 is 14.6 Å². The number of aryl methyl sites for hydroxylation is 1. The first-order valence-corrected chi connectivity index (χ1v) is 9.51. The van der Waals surface area contributed by atoms with Crippen molar-refractivity contribution in [1.29, 1.82) is 0 Å². The number of carboxylic acid groups (broad SMARTS) is 1. The van der Waals surface area contributed by atoms with Gasteiger partial charge < -0.3 is 9.84 Å². The number of unbranched alkanes of at least 4 members (excludes halogenated alkanes) is 2. The van der Waals surface area contributed by atoms with E-state index in [0.717, 1.165) is 42.8 Å². The van der Waals surface area contributed by atoms with Crippen molar-refractivity contribution in [3.05, 3.63) is 65.5 Å². The quantitative estimate of drug-likeness (QED) is 0.557. The van der Waals surface area contributed by atoms with Gasteiger partial charge in [-0.15, -0.1) is 5.10 Å². The number of methoxy groups -OCH3 is 1. The minimum atomic E-state index is -0.924. The van der Waals surface area contributed by atoms with E-state index in [1.165, 1.54) is 0 Å². The van der Waals surface area contributed by atoms with Crippen molar-refractivity contribution in [2.45, 2.75) is 39.2 Å². The third kappa shape index (κ3) is 4.57. The normalized spacial score (nSPS) is 10.8. The maximum atomic E-state index is 11.4. The van der Waals surface area contributed by atoms with Gasteiger partial charge in [-0.3, -0.25) is 0 Å². The van der Waals surface area contributed by atoms with Gasteiger partial charge in [0.2, 0.25) is 0 Å². The molecule has 0 aliphatic heterocycles. The van der Waals surface area contributed by atoms with Crippen LogP contribution in [0.3, 0.4) is 0 Å². The van der Waals surface area contributed by atoms with Crippen LogP contribution in [-0.4, -0.2) is 33.0 Å². The number of ether oxygens (including phenoxy) is 1. The number of carbonyl (C=O) groups is 1. The number of aromatic nitrogens is 3. The van der Waals surface area contributed by atoms with Crippen LogP contribution < -0.4 is 4.74 Å². The van der Waals surface area contributed by atoms with Crippen molar-refractivity contribution in [2.24, 2.45) is 0 Å². The Morgan fingerprint density at radius 3 is 2.54 bits per heavy atom. The fraction of sp³-hybridized carbons (Fsp3) is 0.318. The molecule has 0 saturated carbocycles. The molecule has 28 heavy (non-hydrogen) atoms. The Balaban J connectivity index is 1.80. The van der Waals surface area contributed by atoms with Crippen molar-refractivity contribution in [3.8, 4) is 17.1 Å². The first-order chi connectivity index (χ1) is 13.6. The molecule has 3 rings (SSSR count). The molecule has 0 spiro atoms. The Labute approximate surface area is 164 Å². The Hall–Kier alpha value is -3.15. The van der Waals surface area contributed by atoms with Crippen LogP contribution in [0, 0.1) is 0 Å². The Kier molecular flexibility index (Phi) is 6.42. The van der Waals surface area contributed by atoms with E-state index in [9.17, 15) is 9.90 Å². The molecule has 1 aromatic heterocycles. The van der Waals surface area contributed by atoms with Crippen LogP contribution in [0.2, 0.25) is 0 Å². The van der Waals surface area contributed by atoms with E-state index >= 15 is 0 Å². The predicted molar refractivity (Wildman–Crippen MR) is 108 cm³/mol. The standard InChI is InChI=1S/C22H25N3O3/c1-3-4-7-14-25-20(23-22(24-25)28-2)15-16-10-12-17(13-11-16)18-8-5-6-9-19(18)21(26)27/h5-6,8-13H,3-4,7,14-15H2,1-2H3,(H,26,27). The molecule has 3 aromatic rings. The molecule has 6 nitrogen and oxygen atoms in total. The molecule has 0 unspecified atom stereocenters. The highest BCUT2D eigenvalue weighted by atomic mass is 16.5. The van der Waals surface area contributed by atoms with Crippen LogP contribution in [0.25, 0.3) is 11.1 Å². The van der Waals surface area contributed by atoms with Crippen molar-refractivity contribution in [3.63, 3.8) is 0 Å². The molecule has 0 amide bonds. The van der Waals surface area contributed by atoms with E-state index in [1.54, 1.807) is 19.2 Å². The molecule has 0 saturated heterocycles. The van der Waals surface area contributed by atoms with Gasteiger partial charge in [0.25, 0.3) is 0 Å². The van der Waals surface area contributed by atoms with E-state index < -0.39 is 5.97 Å². The van der Waals surface area contributed by atoms with Gasteiger partial charge >= 0.3 is 12.0 Å². The minimum absolute atomic E-state index is 0.302. The largest absolute Gasteiger partial charge is 0.478 e. The monoisotopic (exact) mass is 379 g/mol. The lowest BCUT2D eigenvalue weighted by Crippen LogP contribution is -2.06. The third-order valence-electron chi connectivity index (χ3n) is 4.67. The van der Waals surface area contributed by atoms with Gasteiger partial charge in [-0.1, -0.05) is 62.2 Å². The van der Waals surface area contributed by atoms with Crippen LogP contribution in [0.5, 0.6) is 6.01 Å². The van der Waals surface area contributed by atoms with Gasteiger partial charge in [0.15, 0.2) is 0 Å². The molecule has 0 aliphatic carbocycles. The predicted octanol–water partition coefficient (Wildman–Crippen LogP) is 4.43. The first-order valence-electron chi connectivity index (χ1n) is 9.51. The number of benzene rings is 2.